The van der Waals surface area contributed by atoms with Crippen molar-refractivity contribution in [2.45, 2.75) is 6.92 Å². The lowest BCUT2D eigenvalue weighted by Gasteiger charge is -2.12. The smallest absolute Gasteiger partial charge is 0.135 e. The van der Waals surface area contributed by atoms with Gasteiger partial charge in [0.25, 0.3) is 0 Å². The quantitative estimate of drug-likeness (QED) is 0.613. The standard InChI is InChI=1S/C20H18O2/c1-2-21-17-14-12-16(13-15-17)19-10-6-7-11-20(19)22-18-8-4-3-5-9-18/h3-15H,2H2,1H3. The van der Waals surface area contributed by atoms with Crippen LogP contribution in [0.4, 0.5) is 0 Å². The van der Waals surface area contributed by atoms with Crippen molar-refractivity contribution in [1.82, 2.24) is 0 Å². The maximum atomic E-state index is 6.01. The molecule has 3 aromatic rings. The highest BCUT2D eigenvalue weighted by molar-refractivity contribution is 5.71. The average molecular weight is 290 g/mol. The van der Waals surface area contributed by atoms with E-state index in [1.54, 1.807) is 0 Å². The topological polar surface area (TPSA) is 18.5 Å². The van der Waals surface area contributed by atoms with Crippen LogP contribution < -0.4 is 9.47 Å². The summed E-state index contributed by atoms with van der Waals surface area (Å²) in [6.07, 6.45) is 0. The minimum Gasteiger partial charge on any atom is -0.494 e. The third-order valence-corrected chi connectivity index (χ3v) is 3.33. The number of benzene rings is 3. The molecule has 0 fully saturated rings. The first-order valence-corrected chi connectivity index (χ1v) is 7.42. The van der Waals surface area contributed by atoms with Gasteiger partial charge in [0.1, 0.15) is 17.2 Å². The zero-order valence-electron chi connectivity index (χ0n) is 12.5. The van der Waals surface area contributed by atoms with Crippen molar-refractivity contribution in [3.05, 3.63) is 78.9 Å². The fourth-order valence-electron chi connectivity index (χ4n) is 2.31. The van der Waals surface area contributed by atoms with Crippen LogP contribution >= 0.6 is 0 Å². The van der Waals surface area contributed by atoms with Gasteiger partial charge in [0.2, 0.25) is 0 Å². The molecule has 0 saturated carbocycles. The fraction of sp³-hybridized carbons (Fsp3) is 0.100. The van der Waals surface area contributed by atoms with Gasteiger partial charge in [-0.25, -0.2) is 0 Å². The predicted molar refractivity (Wildman–Crippen MR) is 89.6 cm³/mol. The fourth-order valence-corrected chi connectivity index (χ4v) is 2.31. The lowest BCUT2D eigenvalue weighted by Crippen LogP contribution is -1.91. The molecular weight excluding hydrogens is 272 g/mol. The van der Waals surface area contributed by atoms with Crippen molar-refractivity contribution in [1.29, 1.82) is 0 Å². The van der Waals surface area contributed by atoms with Gasteiger partial charge in [0, 0.05) is 5.56 Å². The van der Waals surface area contributed by atoms with E-state index in [2.05, 4.69) is 18.2 Å². The van der Waals surface area contributed by atoms with E-state index < -0.39 is 0 Å². The van der Waals surface area contributed by atoms with Crippen molar-refractivity contribution in [2.75, 3.05) is 6.61 Å². The van der Waals surface area contributed by atoms with E-state index >= 15 is 0 Å². The molecule has 0 saturated heterocycles. The Labute approximate surface area is 131 Å². The van der Waals surface area contributed by atoms with Gasteiger partial charge in [0.05, 0.1) is 6.61 Å². The highest BCUT2D eigenvalue weighted by atomic mass is 16.5. The van der Waals surface area contributed by atoms with Gasteiger partial charge in [-0.2, -0.15) is 0 Å². The number of rotatable bonds is 5. The van der Waals surface area contributed by atoms with Gasteiger partial charge in [-0.3, -0.25) is 0 Å². The summed E-state index contributed by atoms with van der Waals surface area (Å²) in [5.74, 6) is 2.56. The Morgan fingerprint density at radius 1 is 0.682 bits per heavy atom. The van der Waals surface area contributed by atoms with Crippen LogP contribution in [-0.4, -0.2) is 6.61 Å². The number of ether oxygens (including phenoxy) is 2. The Bertz CT molecular complexity index is 718. The summed E-state index contributed by atoms with van der Waals surface area (Å²) in [4.78, 5) is 0. The van der Waals surface area contributed by atoms with Crippen molar-refractivity contribution in [2.24, 2.45) is 0 Å². The minimum atomic E-state index is 0.674. The Balaban J connectivity index is 1.90. The number of hydrogen-bond donors (Lipinski definition) is 0. The van der Waals surface area contributed by atoms with Gasteiger partial charge in [-0.15, -0.1) is 0 Å². The molecule has 0 unspecified atom stereocenters. The summed E-state index contributed by atoms with van der Waals surface area (Å²) in [6, 6.07) is 25.9. The molecular formula is C20H18O2. The summed E-state index contributed by atoms with van der Waals surface area (Å²) in [5.41, 5.74) is 2.17. The molecule has 0 radical (unpaired) electrons. The molecule has 0 aromatic heterocycles. The number of hydrogen-bond acceptors (Lipinski definition) is 2. The number of para-hydroxylation sites is 2. The van der Waals surface area contributed by atoms with Gasteiger partial charge in [-0.05, 0) is 42.8 Å². The molecule has 0 amide bonds. The van der Waals surface area contributed by atoms with E-state index in [-0.39, 0.29) is 0 Å². The van der Waals surface area contributed by atoms with Crippen LogP contribution in [0, 0.1) is 0 Å². The third-order valence-electron chi connectivity index (χ3n) is 3.33. The van der Waals surface area contributed by atoms with Crippen LogP contribution in [0.3, 0.4) is 0 Å². The van der Waals surface area contributed by atoms with E-state index in [4.69, 9.17) is 9.47 Å². The zero-order valence-corrected chi connectivity index (χ0v) is 12.5. The molecule has 2 nitrogen and oxygen atoms in total. The van der Waals surface area contributed by atoms with Crippen molar-refractivity contribution < 1.29 is 9.47 Å². The summed E-state index contributed by atoms with van der Waals surface area (Å²) >= 11 is 0. The maximum Gasteiger partial charge on any atom is 0.135 e. The first kappa shape index (κ1) is 14.2. The molecule has 3 aromatic carbocycles. The average Bonchev–Trinajstić information content (AvgIpc) is 2.58. The largest absolute Gasteiger partial charge is 0.494 e. The molecule has 0 aliphatic rings. The lowest BCUT2D eigenvalue weighted by molar-refractivity contribution is 0.340. The molecule has 110 valence electrons. The highest BCUT2D eigenvalue weighted by Gasteiger charge is 2.07. The van der Waals surface area contributed by atoms with E-state index in [0.29, 0.717) is 6.61 Å². The van der Waals surface area contributed by atoms with Crippen LogP contribution in [-0.2, 0) is 0 Å². The lowest BCUT2D eigenvalue weighted by atomic mass is 10.0. The first-order valence-electron chi connectivity index (χ1n) is 7.42. The molecule has 0 bridgehead atoms. The van der Waals surface area contributed by atoms with Gasteiger partial charge in [0.15, 0.2) is 0 Å². The van der Waals surface area contributed by atoms with E-state index in [0.717, 1.165) is 28.4 Å². The second-order valence-corrected chi connectivity index (χ2v) is 4.87. The van der Waals surface area contributed by atoms with Crippen LogP contribution in [0.5, 0.6) is 17.2 Å². The Kier molecular flexibility index (Phi) is 4.40. The van der Waals surface area contributed by atoms with Crippen LogP contribution in [0.25, 0.3) is 11.1 Å². The molecule has 0 aliphatic heterocycles. The maximum absolute atomic E-state index is 6.01. The molecule has 0 heterocycles. The molecule has 0 aliphatic carbocycles. The Morgan fingerprint density at radius 2 is 1.36 bits per heavy atom. The van der Waals surface area contributed by atoms with Gasteiger partial charge in [-0.1, -0.05) is 48.5 Å². The van der Waals surface area contributed by atoms with Gasteiger partial charge < -0.3 is 9.47 Å². The van der Waals surface area contributed by atoms with Crippen molar-refractivity contribution in [3.8, 4) is 28.4 Å². The third kappa shape index (κ3) is 3.29. The zero-order chi connectivity index (χ0) is 15.2. The summed E-state index contributed by atoms with van der Waals surface area (Å²) in [5, 5.41) is 0. The van der Waals surface area contributed by atoms with Crippen LogP contribution in [0.1, 0.15) is 6.92 Å². The van der Waals surface area contributed by atoms with E-state index in [1.165, 1.54) is 0 Å². The molecule has 3 rings (SSSR count). The SMILES string of the molecule is CCOc1ccc(-c2ccccc2Oc2ccccc2)cc1. The predicted octanol–water partition coefficient (Wildman–Crippen LogP) is 5.54. The minimum absolute atomic E-state index is 0.674. The van der Waals surface area contributed by atoms with Gasteiger partial charge >= 0.3 is 0 Å². The molecule has 2 heteroatoms. The van der Waals surface area contributed by atoms with E-state index in [1.807, 2.05) is 67.6 Å². The molecule has 22 heavy (non-hydrogen) atoms. The summed E-state index contributed by atoms with van der Waals surface area (Å²) in [6.45, 7) is 2.66. The summed E-state index contributed by atoms with van der Waals surface area (Å²) in [7, 11) is 0. The van der Waals surface area contributed by atoms with Crippen molar-refractivity contribution in [3.63, 3.8) is 0 Å². The van der Waals surface area contributed by atoms with E-state index in [9.17, 15) is 0 Å². The molecule has 0 spiro atoms. The highest BCUT2D eigenvalue weighted by Crippen LogP contribution is 2.33. The second-order valence-electron chi connectivity index (χ2n) is 4.87. The van der Waals surface area contributed by atoms with Crippen molar-refractivity contribution >= 4 is 0 Å². The molecule has 0 N–H and O–H groups in total. The monoisotopic (exact) mass is 290 g/mol. The van der Waals surface area contributed by atoms with Crippen LogP contribution in [0.2, 0.25) is 0 Å². The molecule has 0 atom stereocenters. The first-order chi connectivity index (χ1) is 10.9. The Hall–Kier alpha value is -2.74. The second kappa shape index (κ2) is 6.81. The summed E-state index contributed by atoms with van der Waals surface area (Å²) < 4.78 is 11.5. The Morgan fingerprint density at radius 3 is 2.09 bits per heavy atom. The van der Waals surface area contributed by atoms with Crippen LogP contribution in [0.15, 0.2) is 78.9 Å². The normalized spacial score (nSPS) is 10.2.